The van der Waals surface area contributed by atoms with Crippen LogP contribution in [0.5, 0.6) is 0 Å². The summed E-state index contributed by atoms with van der Waals surface area (Å²) in [5.41, 5.74) is -0.276. The van der Waals surface area contributed by atoms with Crippen molar-refractivity contribution < 1.29 is 17.6 Å². The predicted molar refractivity (Wildman–Crippen MR) is 153 cm³/mol. The first-order chi connectivity index (χ1) is 16.6. The monoisotopic (exact) mass is 546 g/mol. The molecular weight excluding hydrogens is 505 g/mol. The number of allylic oxidation sites excluding steroid dienone is 1. The second kappa shape index (κ2) is 10.6. The van der Waals surface area contributed by atoms with E-state index in [9.17, 15) is 8.42 Å². The topological polar surface area (TPSA) is 52.6 Å². The van der Waals surface area contributed by atoms with Gasteiger partial charge in [-0.25, -0.2) is 8.42 Å². The number of sulfone groups is 1. The van der Waals surface area contributed by atoms with Crippen LogP contribution >= 0.6 is 11.8 Å². The summed E-state index contributed by atoms with van der Waals surface area (Å²) in [6.45, 7) is 17.4. The average molecular weight is 547 g/mol. The van der Waals surface area contributed by atoms with E-state index in [0.29, 0.717) is 17.7 Å². The highest BCUT2D eigenvalue weighted by atomic mass is 32.3. The van der Waals surface area contributed by atoms with E-state index >= 15 is 0 Å². The van der Waals surface area contributed by atoms with Gasteiger partial charge in [0, 0.05) is 10.3 Å². The molecule has 0 radical (unpaired) electrons. The van der Waals surface area contributed by atoms with Crippen LogP contribution in [0.3, 0.4) is 0 Å². The van der Waals surface area contributed by atoms with Gasteiger partial charge in [0.05, 0.1) is 4.90 Å². The molecule has 0 heterocycles. The number of benzene rings is 2. The van der Waals surface area contributed by atoms with Crippen LogP contribution in [0, 0.1) is 5.41 Å². The first-order valence-electron chi connectivity index (χ1n) is 12.7. The molecule has 0 bridgehead atoms. The third-order valence-electron chi connectivity index (χ3n) is 7.27. The maximum Gasteiger partial charge on any atom is 0.250 e. The smallest absolute Gasteiger partial charge is 0.250 e. The number of rotatable bonds is 8. The lowest BCUT2D eigenvalue weighted by Crippen LogP contribution is -2.44. The fourth-order valence-electron chi connectivity index (χ4n) is 3.98. The van der Waals surface area contributed by atoms with E-state index in [0.717, 1.165) is 17.1 Å². The van der Waals surface area contributed by atoms with E-state index in [1.807, 2.05) is 36.4 Å². The van der Waals surface area contributed by atoms with E-state index in [1.165, 1.54) is 11.8 Å². The van der Waals surface area contributed by atoms with Crippen molar-refractivity contribution in [1.82, 2.24) is 0 Å². The third kappa shape index (κ3) is 6.05. The van der Waals surface area contributed by atoms with E-state index in [2.05, 4.69) is 54.6 Å². The van der Waals surface area contributed by atoms with Gasteiger partial charge in [-0.15, -0.1) is 0 Å². The molecule has 36 heavy (non-hydrogen) atoms. The van der Waals surface area contributed by atoms with E-state index < -0.39 is 28.3 Å². The van der Waals surface area contributed by atoms with Crippen LogP contribution in [-0.4, -0.2) is 26.9 Å². The van der Waals surface area contributed by atoms with Crippen LogP contribution in [0.2, 0.25) is 18.1 Å². The molecule has 0 amide bonds. The molecule has 1 aliphatic rings. The Hall–Kier alpha value is -1.70. The minimum Gasteiger partial charge on any atom is -0.544 e. The Balaban J connectivity index is 2.05. The van der Waals surface area contributed by atoms with Crippen molar-refractivity contribution in [3.8, 4) is 0 Å². The molecule has 0 aromatic heterocycles. The van der Waals surface area contributed by atoms with Crippen molar-refractivity contribution in [2.24, 2.45) is 5.41 Å². The molecule has 1 saturated carbocycles. The van der Waals surface area contributed by atoms with Crippen LogP contribution < -0.4 is 0 Å². The number of ether oxygens (including phenoxy) is 1. The van der Waals surface area contributed by atoms with E-state index in [-0.39, 0.29) is 10.5 Å². The quantitative estimate of drug-likeness (QED) is 0.246. The highest BCUT2D eigenvalue weighted by Gasteiger charge is 2.56. The Morgan fingerprint density at radius 2 is 1.53 bits per heavy atom. The third-order valence-corrected chi connectivity index (χ3v) is 16.1. The summed E-state index contributed by atoms with van der Waals surface area (Å²) in [5, 5.41) is 0.0360. The lowest BCUT2D eigenvalue weighted by atomic mass is 9.95. The van der Waals surface area contributed by atoms with Gasteiger partial charge in [0.15, 0.2) is 13.9 Å². The van der Waals surface area contributed by atoms with Crippen LogP contribution in [0.25, 0.3) is 0 Å². The minimum atomic E-state index is -3.71. The molecule has 2 aromatic carbocycles. The van der Waals surface area contributed by atoms with Crippen LogP contribution in [0.4, 0.5) is 0 Å². The van der Waals surface area contributed by atoms with E-state index in [4.69, 9.17) is 9.16 Å². The van der Waals surface area contributed by atoms with Crippen molar-refractivity contribution in [2.45, 2.75) is 98.9 Å². The lowest BCUT2D eigenvalue weighted by Gasteiger charge is -2.40. The van der Waals surface area contributed by atoms with Gasteiger partial charge in [0.1, 0.15) is 18.1 Å². The van der Waals surface area contributed by atoms with Crippen LogP contribution in [0.1, 0.15) is 60.8 Å². The van der Waals surface area contributed by atoms with Crippen molar-refractivity contribution in [1.29, 1.82) is 0 Å². The summed E-state index contributed by atoms with van der Waals surface area (Å²) in [6, 6.07) is 18.6. The molecule has 1 aliphatic carbocycles. The van der Waals surface area contributed by atoms with Crippen LogP contribution in [0.15, 0.2) is 82.5 Å². The summed E-state index contributed by atoms with van der Waals surface area (Å²) in [6.07, 6.45) is 3.18. The molecule has 198 valence electrons. The molecule has 0 aliphatic heterocycles. The molecule has 0 N–H and O–H groups in total. The van der Waals surface area contributed by atoms with Gasteiger partial charge >= 0.3 is 0 Å². The largest absolute Gasteiger partial charge is 0.544 e. The Morgan fingerprint density at radius 1 is 0.972 bits per heavy atom. The molecule has 0 unspecified atom stereocenters. The van der Waals surface area contributed by atoms with Crippen molar-refractivity contribution in [2.75, 3.05) is 0 Å². The summed E-state index contributed by atoms with van der Waals surface area (Å²) >= 11 is 1.41. The first kappa shape index (κ1) is 28.9. The molecule has 7 heteroatoms. The fourth-order valence-corrected chi connectivity index (χ4v) is 9.30. The number of hydrogen-bond donors (Lipinski definition) is 0. The van der Waals surface area contributed by atoms with Crippen molar-refractivity contribution >= 4 is 29.9 Å². The standard InChI is InChI=1S/C29H42O4S2Si/c1-27(2,3)26(33-36(7,8)28(4,5)6)22-32-25-20-15-21-29(25,34-23-16-11-9-12-17-23)35(30,31)24-18-13-10-14-19-24/h9-14,16-19,22,25H,15,20-21H2,1-8H3/b26-22+/t25-,29-/m0/s1. The van der Waals surface area contributed by atoms with Gasteiger partial charge in [0.2, 0.25) is 8.32 Å². The molecule has 2 aromatic rings. The Morgan fingerprint density at radius 3 is 2.06 bits per heavy atom. The van der Waals surface area contributed by atoms with Gasteiger partial charge in [-0.05, 0) is 61.7 Å². The Kier molecular flexibility index (Phi) is 8.48. The lowest BCUT2D eigenvalue weighted by molar-refractivity contribution is 0.125. The Bertz CT molecular complexity index is 1150. The van der Waals surface area contributed by atoms with Gasteiger partial charge in [-0.3, -0.25) is 0 Å². The summed E-state index contributed by atoms with van der Waals surface area (Å²) in [5.74, 6) is 0.775. The maximum absolute atomic E-state index is 14.2. The first-order valence-corrected chi connectivity index (χ1v) is 17.9. The van der Waals surface area contributed by atoms with Gasteiger partial charge < -0.3 is 9.16 Å². The van der Waals surface area contributed by atoms with Gasteiger partial charge in [-0.1, -0.05) is 89.7 Å². The van der Waals surface area contributed by atoms with Crippen molar-refractivity contribution in [3.63, 3.8) is 0 Å². The van der Waals surface area contributed by atoms with Gasteiger partial charge in [-0.2, -0.15) is 0 Å². The fraction of sp³-hybridized carbons (Fsp3) is 0.517. The molecule has 0 spiro atoms. The zero-order chi connectivity index (χ0) is 26.8. The molecule has 3 rings (SSSR count). The SMILES string of the molecule is CC(C)(C)/C(=C\O[C@H]1CCC[C@]1(Sc1ccccc1)S(=O)(=O)c1ccccc1)O[Si](C)(C)C(C)(C)C. The zero-order valence-corrected chi connectivity index (χ0v) is 25.6. The highest BCUT2D eigenvalue weighted by molar-refractivity contribution is 8.14. The molecule has 0 saturated heterocycles. The van der Waals surface area contributed by atoms with Crippen LogP contribution in [-0.2, 0) is 19.0 Å². The molecular formula is C29H42O4S2Si. The molecule has 4 nitrogen and oxygen atoms in total. The normalized spacial score (nSPS) is 21.9. The summed E-state index contributed by atoms with van der Waals surface area (Å²) in [7, 11) is -5.83. The second-order valence-electron chi connectivity index (χ2n) is 12.2. The molecule has 1 fully saturated rings. The van der Waals surface area contributed by atoms with Gasteiger partial charge in [0.25, 0.3) is 0 Å². The number of hydrogen-bond acceptors (Lipinski definition) is 5. The predicted octanol–water partition coefficient (Wildman–Crippen LogP) is 8.43. The zero-order valence-electron chi connectivity index (χ0n) is 23.0. The number of thioether (sulfide) groups is 1. The maximum atomic E-state index is 14.2. The highest BCUT2D eigenvalue weighted by Crippen LogP contribution is 2.53. The molecule has 2 atom stereocenters. The second-order valence-corrected chi connectivity index (χ2v) is 20.7. The minimum absolute atomic E-state index is 0.0360. The van der Waals surface area contributed by atoms with Crippen molar-refractivity contribution in [3.05, 3.63) is 72.7 Å². The Labute approximate surface area is 223 Å². The average Bonchev–Trinajstić information content (AvgIpc) is 3.20. The summed E-state index contributed by atoms with van der Waals surface area (Å²) < 4.78 is 40.5. The van der Waals surface area contributed by atoms with E-state index in [1.54, 1.807) is 30.5 Å². The summed E-state index contributed by atoms with van der Waals surface area (Å²) in [4.78, 5) is 1.26.